The molecule has 0 aliphatic heterocycles. The monoisotopic (exact) mass is 335 g/mol. The van der Waals surface area contributed by atoms with Crippen LogP contribution in [-0.2, 0) is 0 Å². The van der Waals surface area contributed by atoms with Gasteiger partial charge in [0.1, 0.15) is 0 Å². The normalized spacial score (nSPS) is 13.8. The molecular formula is C26H18. The first kappa shape index (κ1) is 10.6. The molecule has 0 N–H and O–H groups in total. The molecule has 0 spiro atoms. The number of benzene rings is 5. The Labute approximate surface area is 160 Å². The average Bonchev–Trinajstić information content (AvgIpc) is 2.80. The van der Waals surface area contributed by atoms with Gasteiger partial charge in [0, 0.05) is 0 Å². The van der Waals surface area contributed by atoms with Crippen LogP contribution in [0.2, 0.25) is 0 Å². The highest BCUT2D eigenvalue weighted by atomic mass is 14.1. The van der Waals surface area contributed by atoms with E-state index in [0.29, 0.717) is 5.56 Å². The van der Waals surface area contributed by atoms with Crippen LogP contribution in [0.25, 0.3) is 43.8 Å². The summed E-state index contributed by atoms with van der Waals surface area (Å²) in [7, 11) is 0. The average molecular weight is 335 g/mol. The molecule has 5 rings (SSSR count). The van der Waals surface area contributed by atoms with E-state index in [0.717, 1.165) is 32.7 Å². The van der Waals surface area contributed by atoms with E-state index in [1.165, 1.54) is 0 Å². The van der Waals surface area contributed by atoms with Crippen LogP contribution in [0.15, 0.2) is 109 Å². The first-order valence-electron chi connectivity index (χ1n) is 11.1. The molecule has 0 atom stereocenters. The Hall–Kier alpha value is -3.38. The van der Waals surface area contributed by atoms with Crippen molar-refractivity contribution in [2.24, 2.45) is 0 Å². The summed E-state index contributed by atoms with van der Waals surface area (Å²) in [6, 6.07) is 24.8. The Bertz CT molecular complexity index is 1440. The molecule has 0 aliphatic rings. The molecule has 0 saturated carbocycles. The highest BCUT2D eigenvalue weighted by Gasteiger charge is 2.10. The lowest BCUT2D eigenvalue weighted by Gasteiger charge is -2.13. The van der Waals surface area contributed by atoms with Gasteiger partial charge in [0.25, 0.3) is 0 Å². The zero-order chi connectivity index (χ0) is 21.7. The third kappa shape index (κ3) is 2.48. The van der Waals surface area contributed by atoms with E-state index in [1.807, 2.05) is 48.5 Å². The second kappa shape index (κ2) is 6.16. The van der Waals surface area contributed by atoms with Crippen LogP contribution >= 0.6 is 0 Å². The number of hydrogen-bond acceptors (Lipinski definition) is 0. The van der Waals surface area contributed by atoms with Crippen molar-refractivity contribution in [3.8, 4) is 22.3 Å². The highest BCUT2D eigenvalue weighted by molar-refractivity contribution is 6.13. The van der Waals surface area contributed by atoms with Gasteiger partial charge in [-0.25, -0.2) is 0 Å². The van der Waals surface area contributed by atoms with Crippen molar-refractivity contribution in [3.63, 3.8) is 0 Å². The Kier molecular flexibility index (Phi) is 2.51. The smallest absolute Gasteiger partial charge is 0.0622 e. The van der Waals surface area contributed by atoms with Crippen molar-refractivity contribution in [3.05, 3.63) is 109 Å². The molecular weight excluding hydrogens is 312 g/mol. The summed E-state index contributed by atoms with van der Waals surface area (Å²) in [5.74, 6) is 0. The summed E-state index contributed by atoms with van der Waals surface area (Å²) in [5.41, 5.74) is 2.97. The van der Waals surface area contributed by atoms with Crippen LogP contribution in [-0.4, -0.2) is 0 Å². The summed E-state index contributed by atoms with van der Waals surface area (Å²) in [4.78, 5) is 0. The largest absolute Gasteiger partial charge is 0.0629 e. The lowest BCUT2D eigenvalue weighted by atomic mass is 9.90. The fourth-order valence-electron chi connectivity index (χ4n) is 3.53. The summed E-state index contributed by atoms with van der Waals surface area (Å²) in [6.07, 6.45) is 0. The molecule has 0 heterocycles. The molecule has 0 nitrogen and oxygen atoms in total. The van der Waals surface area contributed by atoms with Gasteiger partial charge in [-0.05, 0) is 55.9 Å². The topological polar surface area (TPSA) is 0 Å². The molecule has 0 unspecified atom stereocenters. The number of rotatable bonds is 2. The van der Waals surface area contributed by atoms with Gasteiger partial charge < -0.3 is 0 Å². The van der Waals surface area contributed by atoms with E-state index in [2.05, 4.69) is 30.3 Å². The molecule has 5 aromatic rings. The predicted molar refractivity (Wildman–Crippen MR) is 112 cm³/mol. The molecule has 0 bridgehead atoms. The third-order valence-corrected chi connectivity index (χ3v) is 4.71. The summed E-state index contributed by atoms with van der Waals surface area (Å²) >= 11 is 0. The molecule has 0 amide bonds. The fraction of sp³-hybridized carbons (Fsp3) is 0. The maximum absolute atomic E-state index is 8.36. The van der Waals surface area contributed by atoms with Crippen LogP contribution < -0.4 is 0 Å². The first-order valence-corrected chi connectivity index (χ1v) is 8.55. The Morgan fingerprint density at radius 3 is 2.08 bits per heavy atom. The van der Waals surface area contributed by atoms with Crippen LogP contribution in [0.5, 0.6) is 0 Å². The third-order valence-electron chi connectivity index (χ3n) is 4.71. The van der Waals surface area contributed by atoms with E-state index in [1.54, 1.807) is 0 Å². The zero-order valence-corrected chi connectivity index (χ0v) is 14.0. The maximum atomic E-state index is 8.36. The highest BCUT2D eigenvalue weighted by Crippen LogP contribution is 2.38. The van der Waals surface area contributed by atoms with Crippen LogP contribution in [0, 0.1) is 0 Å². The molecule has 0 radical (unpaired) electrons. The predicted octanol–water partition coefficient (Wildman–Crippen LogP) is 7.33. The SMILES string of the molecule is [2H]c1c([2H])c([2H])c(-c2ccc3cc4ccccc4c(-c4ccccc4)c3c2)c([2H])c1[2H]. The van der Waals surface area contributed by atoms with Crippen molar-refractivity contribution in [1.82, 2.24) is 0 Å². The van der Waals surface area contributed by atoms with Gasteiger partial charge in [-0.3, -0.25) is 0 Å². The Morgan fingerprint density at radius 2 is 1.23 bits per heavy atom. The Balaban J connectivity index is 1.90. The summed E-state index contributed by atoms with van der Waals surface area (Å²) in [5, 5.41) is 4.26. The molecule has 0 fully saturated rings. The van der Waals surface area contributed by atoms with Crippen molar-refractivity contribution in [1.29, 1.82) is 0 Å². The van der Waals surface area contributed by atoms with Crippen molar-refractivity contribution >= 4 is 21.5 Å². The second-order valence-corrected chi connectivity index (χ2v) is 6.27. The summed E-state index contributed by atoms with van der Waals surface area (Å²) in [6.45, 7) is 0. The lowest BCUT2D eigenvalue weighted by Crippen LogP contribution is -1.87. The van der Waals surface area contributed by atoms with Gasteiger partial charge in [0.15, 0.2) is 0 Å². The van der Waals surface area contributed by atoms with Gasteiger partial charge in [-0.1, -0.05) is 96.9 Å². The molecule has 0 saturated heterocycles. The van der Waals surface area contributed by atoms with Crippen LogP contribution in [0.4, 0.5) is 0 Å². The molecule has 5 aromatic carbocycles. The molecule has 0 heteroatoms. The minimum Gasteiger partial charge on any atom is -0.0622 e. The second-order valence-electron chi connectivity index (χ2n) is 6.27. The van der Waals surface area contributed by atoms with Crippen molar-refractivity contribution < 1.29 is 6.85 Å². The van der Waals surface area contributed by atoms with E-state index in [-0.39, 0.29) is 35.8 Å². The minimum atomic E-state index is -0.379. The zero-order valence-electron chi connectivity index (χ0n) is 19.0. The minimum absolute atomic E-state index is 0.188. The fourth-order valence-corrected chi connectivity index (χ4v) is 3.53. The van der Waals surface area contributed by atoms with Gasteiger partial charge in [0.05, 0.1) is 6.85 Å². The number of fused-ring (bicyclic) bond motifs is 2. The first-order chi connectivity index (χ1) is 15.0. The van der Waals surface area contributed by atoms with E-state index in [9.17, 15) is 0 Å². The Morgan fingerprint density at radius 1 is 0.500 bits per heavy atom. The summed E-state index contributed by atoms with van der Waals surface area (Å²) < 4.78 is 40.6. The molecule has 122 valence electrons. The quantitative estimate of drug-likeness (QED) is 0.296. The van der Waals surface area contributed by atoms with Gasteiger partial charge in [-0.2, -0.15) is 0 Å². The molecule has 26 heavy (non-hydrogen) atoms. The number of hydrogen-bond donors (Lipinski definition) is 0. The van der Waals surface area contributed by atoms with Crippen molar-refractivity contribution in [2.75, 3.05) is 0 Å². The van der Waals surface area contributed by atoms with E-state index < -0.39 is 0 Å². The lowest BCUT2D eigenvalue weighted by molar-refractivity contribution is 1.64. The van der Waals surface area contributed by atoms with Crippen LogP contribution in [0.3, 0.4) is 0 Å². The van der Waals surface area contributed by atoms with E-state index in [4.69, 9.17) is 6.85 Å². The van der Waals surface area contributed by atoms with Gasteiger partial charge in [-0.15, -0.1) is 0 Å². The standard InChI is InChI=1S/C26H18/c1-3-9-19(10-4-1)21-15-16-23-17-22-13-7-8-14-24(22)26(25(23)18-21)20-11-5-2-6-12-20/h1-18H/i1D,3D,4D,9D,10D. The van der Waals surface area contributed by atoms with Crippen molar-refractivity contribution in [2.45, 2.75) is 0 Å². The molecule has 0 aromatic heterocycles. The molecule has 0 aliphatic carbocycles. The maximum Gasteiger partial charge on any atom is 0.0629 e. The van der Waals surface area contributed by atoms with E-state index >= 15 is 0 Å². The van der Waals surface area contributed by atoms with Gasteiger partial charge in [0.2, 0.25) is 0 Å². The van der Waals surface area contributed by atoms with Crippen LogP contribution in [0.1, 0.15) is 6.85 Å². The van der Waals surface area contributed by atoms with Gasteiger partial charge >= 0.3 is 0 Å².